The zero-order valence-electron chi connectivity index (χ0n) is 7.94. The van der Waals surface area contributed by atoms with Crippen molar-refractivity contribution in [3.05, 3.63) is 0 Å². The third-order valence-corrected chi connectivity index (χ3v) is 1.93. The molecule has 7 N–H and O–H groups in total. The lowest BCUT2D eigenvalue weighted by Gasteiger charge is -2.31. The van der Waals surface area contributed by atoms with E-state index in [0.29, 0.717) is 0 Å². The van der Waals surface area contributed by atoms with E-state index in [4.69, 9.17) is 35.7 Å². The number of aliphatic hydroxyl groups excluding tert-OH is 4. The lowest BCUT2D eigenvalue weighted by molar-refractivity contribution is -0.420. The smallest absolute Gasteiger partial charge is 0.332 e. The van der Waals surface area contributed by atoms with Gasteiger partial charge >= 0.3 is 5.97 Å². The van der Waals surface area contributed by atoms with E-state index in [1.54, 1.807) is 0 Å². The summed E-state index contributed by atoms with van der Waals surface area (Å²) in [5, 5.41) is 61.0. The van der Waals surface area contributed by atoms with E-state index in [-0.39, 0.29) is 0 Å². The van der Waals surface area contributed by atoms with Gasteiger partial charge in [0.15, 0.2) is 0 Å². The Bertz CT molecular complexity index is 168. The molecule has 0 aromatic carbocycles. The van der Waals surface area contributed by atoms with E-state index in [0.717, 1.165) is 0 Å². The summed E-state index contributed by atoms with van der Waals surface area (Å²) >= 11 is 0. The van der Waals surface area contributed by atoms with Crippen molar-refractivity contribution in [2.75, 3.05) is 26.4 Å². The van der Waals surface area contributed by atoms with E-state index >= 15 is 0 Å². The molecule has 0 aromatic rings. The van der Waals surface area contributed by atoms with Crippen LogP contribution in [0.15, 0.2) is 0 Å². The largest absolute Gasteiger partial charge is 0.396 e. The van der Waals surface area contributed by atoms with Crippen molar-refractivity contribution in [2.45, 2.75) is 12.3 Å². The fourth-order valence-electron chi connectivity index (χ4n) is 0.621. The van der Waals surface area contributed by atoms with Crippen molar-refractivity contribution in [1.82, 2.24) is 0 Å². The highest BCUT2D eigenvalue weighted by molar-refractivity contribution is 4.77. The molecule has 0 rings (SSSR count). The molecule has 0 aliphatic heterocycles. The summed E-state index contributed by atoms with van der Waals surface area (Å²) in [5.41, 5.74) is -1.48. The number of aliphatic hydroxyl groups is 7. The lowest BCUT2D eigenvalue weighted by atomic mass is 9.92. The molecule has 0 radical (unpaired) electrons. The van der Waals surface area contributed by atoms with Crippen molar-refractivity contribution < 1.29 is 40.5 Å². The maximum absolute atomic E-state index is 8.83. The molecule has 0 unspecified atom stereocenters. The first-order valence-corrected chi connectivity index (χ1v) is 4.11. The predicted molar refractivity (Wildman–Crippen MR) is 45.0 cm³/mol. The summed E-state index contributed by atoms with van der Waals surface area (Å²) in [6, 6.07) is 0. The van der Waals surface area contributed by atoms with Crippen LogP contribution in [-0.2, 0) is 4.74 Å². The Balaban J connectivity index is 4.34. The molecule has 0 fully saturated rings. The molecule has 15 heavy (non-hydrogen) atoms. The Labute approximate surface area is 85.6 Å². The number of rotatable bonds is 7. The highest BCUT2D eigenvalue weighted by Gasteiger charge is 2.38. The minimum absolute atomic E-state index is 0.666. The van der Waals surface area contributed by atoms with E-state index in [2.05, 4.69) is 4.74 Å². The minimum atomic E-state index is -3.22. The molecule has 0 aliphatic rings. The average molecular weight is 228 g/mol. The van der Waals surface area contributed by atoms with Gasteiger partial charge in [0.1, 0.15) is 0 Å². The summed E-state index contributed by atoms with van der Waals surface area (Å²) in [6.45, 7) is -2.67. The maximum Gasteiger partial charge on any atom is 0.332 e. The van der Waals surface area contributed by atoms with Gasteiger partial charge < -0.3 is 40.5 Å². The van der Waals surface area contributed by atoms with Crippen LogP contribution >= 0.6 is 0 Å². The second kappa shape index (κ2) is 5.68. The highest BCUT2D eigenvalue weighted by atomic mass is 16.8. The molecule has 0 bridgehead atoms. The molecular formula is C7H16O8. The molecule has 0 aliphatic carbocycles. The van der Waals surface area contributed by atoms with E-state index < -0.39 is 44.1 Å². The summed E-state index contributed by atoms with van der Waals surface area (Å²) in [5.74, 6) is -3.22. The normalized spacial score (nSPS) is 13.6. The van der Waals surface area contributed by atoms with Crippen molar-refractivity contribution >= 4 is 0 Å². The van der Waals surface area contributed by atoms with Gasteiger partial charge in [-0.3, -0.25) is 0 Å². The van der Waals surface area contributed by atoms with Gasteiger partial charge in [0, 0.05) is 0 Å². The third-order valence-electron chi connectivity index (χ3n) is 1.93. The fraction of sp³-hybridized carbons (Fsp3) is 1.00. The van der Waals surface area contributed by atoms with Crippen LogP contribution in [0.4, 0.5) is 0 Å². The van der Waals surface area contributed by atoms with Gasteiger partial charge in [-0.2, -0.15) is 0 Å². The van der Waals surface area contributed by atoms with Gasteiger partial charge in [-0.15, -0.1) is 0 Å². The van der Waals surface area contributed by atoms with E-state index in [1.165, 1.54) is 0 Å². The summed E-state index contributed by atoms with van der Waals surface area (Å²) in [6.07, 6.45) is -2.56. The van der Waals surface area contributed by atoms with Crippen molar-refractivity contribution in [2.24, 2.45) is 5.41 Å². The van der Waals surface area contributed by atoms with Crippen molar-refractivity contribution in [3.8, 4) is 0 Å². The van der Waals surface area contributed by atoms with E-state index in [9.17, 15) is 0 Å². The van der Waals surface area contributed by atoms with Crippen LogP contribution in [0.3, 0.4) is 0 Å². The highest BCUT2D eigenvalue weighted by Crippen LogP contribution is 2.18. The Morgan fingerprint density at radius 3 is 1.60 bits per heavy atom. The van der Waals surface area contributed by atoms with Crippen molar-refractivity contribution in [3.63, 3.8) is 0 Å². The zero-order valence-corrected chi connectivity index (χ0v) is 7.94. The topological polar surface area (TPSA) is 151 Å². The van der Waals surface area contributed by atoms with Gasteiger partial charge in [0.05, 0.1) is 31.8 Å². The zero-order chi connectivity index (χ0) is 12.1. The summed E-state index contributed by atoms with van der Waals surface area (Å²) in [4.78, 5) is 0. The predicted octanol–water partition coefficient (Wildman–Crippen LogP) is -4.08. The molecule has 0 atom stereocenters. The van der Waals surface area contributed by atoms with Crippen LogP contribution in [0, 0.1) is 5.41 Å². The van der Waals surface area contributed by atoms with Crippen LogP contribution < -0.4 is 0 Å². The fourth-order valence-corrected chi connectivity index (χ4v) is 0.621. The first-order valence-electron chi connectivity index (χ1n) is 4.11. The van der Waals surface area contributed by atoms with Crippen LogP contribution in [-0.4, -0.2) is 74.4 Å². The van der Waals surface area contributed by atoms with Gasteiger partial charge in [-0.1, -0.05) is 0 Å². The molecule has 92 valence electrons. The van der Waals surface area contributed by atoms with Crippen LogP contribution in [0.25, 0.3) is 0 Å². The van der Waals surface area contributed by atoms with Gasteiger partial charge in [-0.05, 0) is 0 Å². The van der Waals surface area contributed by atoms with Crippen LogP contribution in [0.5, 0.6) is 0 Å². The molecule has 8 heteroatoms. The molecule has 8 nitrogen and oxygen atoms in total. The molecule has 0 amide bonds. The molecule has 0 saturated heterocycles. The molecule has 0 spiro atoms. The second-order valence-corrected chi connectivity index (χ2v) is 3.30. The van der Waals surface area contributed by atoms with Crippen molar-refractivity contribution in [1.29, 1.82) is 0 Å². The Morgan fingerprint density at radius 1 is 0.933 bits per heavy atom. The summed E-state index contributed by atoms with van der Waals surface area (Å²) in [7, 11) is 0. The SMILES string of the molecule is OCC(CO)(CO)COC(O)(O)C(O)O. The number of hydrogen-bond acceptors (Lipinski definition) is 8. The summed E-state index contributed by atoms with van der Waals surface area (Å²) < 4.78 is 4.26. The number of ether oxygens (including phenoxy) is 1. The van der Waals surface area contributed by atoms with Gasteiger partial charge in [0.2, 0.25) is 6.29 Å². The molecular weight excluding hydrogens is 212 g/mol. The first-order chi connectivity index (χ1) is 6.83. The second-order valence-electron chi connectivity index (χ2n) is 3.30. The molecule has 0 saturated carbocycles. The monoisotopic (exact) mass is 228 g/mol. The van der Waals surface area contributed by atoms with Crippen LogP contribution in [0.1, 0.15) is 0 Å². The Morgan fingerprint density at radius 2 is 1.33 bits per heavy atom. The Hall–Kier alpha value is -0.320. The number of hydrogen-bond donors (Lipinski definition) is 7. The van der Waals surface area contributed by atoms with E-state index in [1.807, 2.05) is 0 Å². The van der Waals surface area contributed by atoms with Crippen LogP contribution in [0.2, 0.25) is 0 Å². The average Bonchev–Trinajstić information content (AvgIpc) is 2.20. The first kappa shape index (κ1) is 14.7. The molecule has 0 heterocycles. The standard InChI is InChI=1S/C7H16O8/c8-1-6(2-9,3-10)4-15-7(13,14)5(11)12/h5,8-14H,1-4H2. The maximum atomic E-state index is 8.83. The minimum Gasteiger partial charge on any atom is -0.396 e. The Kier molecular flexibility index (Phi) is 5.56. The van der Waals surface area contributed by atoms with Gasteiger partial charge in [-0.25, -0.2) is 0 Å². The van der Waals surface area contributed by atoms with Gasteiger partial charge in [0.25, 0.3) is 0 Å². The lowest BCUT2D eigenvalue weighted by Crippen LogP contribution is -2.49. The quantitative estimate of drug-likeness (QED) is 0.217. The molecule has 0 aromatic heterocycles. The third kappa shape index (κ3) is 3.97.